The third-order valence-electron chi connectivity index (χ3n) is 0.928. The molecule has 0 aliphatic carbocycles. The van der Waals surface area contributed by atoms with Crippen LogP contribution in [0, 0.1) is 29.4 Å². The van der Waals surface area contributed by atoms with Crippen molar-refractivity contribution in [3.05, 3.63) is 0 Å². The van der Waals surface area contributed by atoms with Crippen molar-refractivity contribution in [2.24, 2.45) is 0 Å². The second kappa shape index (κ2) is 6.35. The van der Waals surface area contributed by atoms with Crippen molar-refractivity contribution in [2.75, 3.05) is 0 Å². The minimum atomic E-state index is -5.03. The third-order valence-corrected chi connectivity index (χ3v) is 3.80. The molecule has 0 nitrogen and oxygen atoms in total. The predicted octanol–water partition coefficient (Wildman–Crippen LogP) is 2.80. The zero-order valence-electron chi connectivity index (χ0n) is 8.35. The van der Waals surface area contributed by atoms with Gasteiger partial charge in [0.15, 0.2) is 0 Å². The Hall–Kier alpha value is -1.13. The van der Waals surface area contributed by atoms with Crippen LogP contribution in [0.4, 0.5) is 39.5 Å². The van der Waals surface area contributed by atoms with E-state index in [-0.39, 0.29) is 0 Å². The van der Waals surface area contributed by atoms with E-state index in [1.54, 1.807) is 0 Å². The molecule has 0 radical (unpaired) electrons. The van der Waals surface area contributed by atoms with E-state index in [2.05, 4.69) is 0 Å². The maximum atomic E-state index is 11.7. The Kier molecular flexibility index (Phi) is 5.97. The monoisotopic (exact) mass is 400 g/mol. The summed E-state index contributed by atoms with van der Waals surface area (Å²) in [6.07, 6.45) is -15.1. The van der Waals surface area contributed by atoms with Crippen molar-refractivity contribution < 1.29 is 39.5 Å². The summed E-state index contributed by atoms with van der Waals surface area (Å²) in [7, 11) is 0. The maximum absolute atomic E-state index is 11.7. The van der Waals surface area contributed by atoms with Crippen LogP contribution in [0.15, 0.2) is 0 Å². The van der Waals surface area contributed by atoms with Gasteiger partial charge in [-0.2, -0.15) is 0 Å². The summed E-state index contributed by atoms with van der Waals surface area (Å²) in [6, 6.07) is 0. The van der Waals surface area contributed by atoms with Crippen LogP contribution in [-0.2, 0) is 0 Å². The molecular weight excluding hydrogens is 401 g/mol. The van der Waals surface area contributed by atoms with Gasteiger partial charge in [0.2, 0.25) is 0 Å². The van der Waals surface area contributed by atoms with Gasteiger partial charge in [0.25, 0.3) is 0 Å². The quantitative estimate of drug-likeness (QED) is 0.333. The van der Waals surface area contributed by atoms with Gasteiger partial charge < -0.3 is 0 Å². The molecule has 0 fully saturated rings. The first-order valence-corrected chi connectivity index (χ1v) is 7.70. The zero-order chi connectivity index (χ0) is 15.3. The molecule has 0 heterocycles. The van der Waals surface area contributed by atoms with E-state index < -0.39 is 38.7 Å². The Morgan fingerprint density at radius 2 is 0.684 bits per heavy atom. The molecule has 0 bridgehead atoms. The molecule has 0 saturated carbocycles. The summed E-state index contributed by atoms with van der Waals surface area (Å²) in [6.45, 7) is 0. The molecule has 19 heavy (non-hydrogen) atoms. The number of hydrogen-bond acceptors (Lipinski definition) is 0. The van der Waals surface area contributed by atoms with Crippen molar-refractivity contribution in [1.29, 1.82) is 0 Å². The molecule has 0 rings (SSSR count). The van der Waals surface area contributed by atoms with E-state index >= 15 is 0 Å². The first-order valence-electron chi connectivity index (χ1n) is 3.87. The van der Waals surface area contributed by atoms with Crippen molar-refractivity contribution >= 4 is 20.2 Å². The van der Waals surface area contributed by atoms with Gasteiger partial charge in [-0.25, -0.2) is 0 Å². The van der Waals surface area contributed by atoms with Crippen molar-refractivity contribution in [3.63, 3.8) is 0 Å². The molecule has 0 saturated heterocycles. The summed E-state index contributed by atoms with van der Waals surface area (Å²) >= 11 is -4.24. The number of hydrogen-bond donors (Lipinski definition) is 0. The number of halogens is 9. The van der Waals surface area contributed by atoms with Gasteiger partial charge >= 0.3 is 108 Å². The van der Waals surface area contributed by atoms with Crippen LogP contribution in [0.1, 0.15) is 0 Å². The third kappa shape index (κ3) is 13.1. The fraction of sp³-hybridized carbons (Fsp3) is 0.333. The van der Waals surface area contributed by atoms with E-state index in [0.29, 0.717) is 17.8 Å². The summed E-state index contributed by atoms with van der Waals surface area (Å²) in [5, 5.41) is 0. The van der Waals surface area contributed by atoms with E-state index in [9.17, 15) is 39.5 Å². The van der Waals surface area contributed by atoms with Crippen LogP contribution < -0.4 is 0 Å². The van der Waals surface area contributed by atoms with Crippen LogP contribution in [0.3, 0.4) is 0 Å². The summed E-state index contributed by atoms with van der Waals surface area (Å²) in [4.78, 5) is 0. The Labute approximate surface area is 108 Å². The predicted molar refractivity (Wildman–Crippen MR) is 47.2 cm³/mol. The van der Waals surface area contributed by atoms with Gasteiger partial charge in [-0.3, -0.25) is 0 Å². The molecule has 104 valence electrons. The van der Waals surface area contributed by atoms with E-state index in [4.69, 9.17) is 0 Å². The fourth-order valence-corrected chi connectivity index (χ4v) is 2.96. The molecule has 10 heteroatoms. The molecule has 0 unspecified atom stereocenters. The Balaban J connectivity index is 5.30. The number of rotatable bonds is 0. The van der Waals surface area contributed by atoms with Crippen molar-refractivity contribution in [1.82, 2.24) is 0 Å². The normalized spacial score (nSPS) is 11.7. The first-order chi connectivity index (χ1) is 8.29. The van der Waals surface area contributed by atoms with Gasteiger partial charge in [-0.1, -0.05) is 0 Å². The Morgan fingerprint density at radius 1 is 0.474 bits per heavy atom. The molecule has 0 aromatic carbocycles. The average Bonchev–Trinajstić information content (AvgIpc) is 2.11. The van der Waals surface area contributed by atoms with Crippen LogP contribution in [0.25, 0.3) is 0 Å². The van der Waals surface area contributed by atoms with Crippen LogP contribution in [0.2, 0.25) is 0 Å². The second-order valence-corrected chi connectivity index (χ2v) is 6.37. The Morgan fingerprint density at radius 3 is 0.842 bits per heavy atom. The summed E-state index contributed by atoms with van der Waals surface area (Å²) < 4.78 is 109. The zero-order valence-corrected chi connectivity index (χ0v) is 10.9. The van der Waals surface area contributed by atoms with Gasteiger partial charge in [0.1, 0.15) is 0 Å². The van der Waals surface area contributed by atoms with Crippen molar-refractivity contribution in [2.45, 2.75) is 18.5 Å². The van der Waals surface area contributed by atoms with Gasteiger partial charge in [-0.15, -0.1) is 0 Å². The molecule has 0 amide bonds. The SMILES string of the molecule is FC(F)(F)C#[C][Sb]([C]#CC(F)(F)F)[C]#CC(F)(F)F. The van der Waals surface area contributed by atoms with Gasteiger partial charge in [0.05, 0.1) is 0 Å². The van der Waals surface area contributed by atoms with E-state index in [1.165, 1.54) is 11.6 Å². The van der Waals surface area contributed by atoms with Crippen LogP contribution in [0.5, 0.6) is 0 Å². The average molecular weight is 401 g/mol. The molecule has 0 aliphatic heterocycles. The second-order valence-electron chi connectivity index (χ2n) is 2.54. The Bertz CT molecular complexity index is 412. The topological polar surface area (TPSA) is 0 Å². The van der Waals surface area contributed by atoms with Gasteiger partial charge in [-0.05, 0) is 0 Å². The minimum absolute atomic E-state index is 0.586. The molecule has 0 N–H and O–H groups in total. The first kappa shape index (κ1) is 17.9. The standard InChI is InChI=1S/3C3F3.Sb/c3*1-2-3(4,5)6;. The molecule has 0 spiro atoms. The molecule has 0 aromatic rings. The fourth-order valence-electron chi connectivity index (χ4n) is 0.442. The molecule has 0 atom stereocenters. The number of alkyl halides is 9. The molecule has 0 aliphatic rings. The van der Waals surface area contributed by atoms with Gasteiger partial charge in [0, 0.05) is 0 Å². The van der Waals surface area contributed by atoms with E-state index in [1.807, 2.05) is 0 Å². The van der Waals surface area contributed by atoms with E-state index in [0.717, 1.165) is 0 Å². The van der Waals surface area contributed by atoms with Crippen molar-refractivity contribution in [3.8, 4) is 29.4 Å². The van der Waals surface area contributed by atoms with Crippen LogP contribution >= 0.6 is 0 Å². The molecule has 0 aromatic heterocycles. The molecular formula is C9F9Sb. The summed E-state index contributed by atoms with van der Waals surface area (Å²) in [5.41, 5.74) is 0. The summed E-state index contributed by atoms with van der Waals surface area (Å²) in [5.74, 6) is 1.76. The van der Waals surface area contributed by atoms with Crippen LogP contribution in [-0.4, -0.2) is 38.7 Å².